The Morgan fingerprint density at radius 3 is 2.26 bits per heavy atom. The van der Waals surface area contributed by atoms with Crippen LogP contribution in [0, 0.1) is 0 Å². The Balaban J connectivity index is 1.73. The third-order valence-corrected chi connectivity index (χ3v) is 7.57. The fourth-order valence-corrected chi connectivity index (χ4v) is 6.00. The van der Waals surface area contributed by atoms with Crippen molar-refractivity contribution < 1.29 is 9.53 Å². The minimum absolute atomic E-state index is 0.258. The van der Waals surface area contributed by atoms with Crippen LogP contribution >= 0.6 is 0 Å². The monoisotopic (exact) mass is 374 g/mol. The fourth-order valence-electron chi connectivity index (χ4n) is 2.87. The van der Waals surface area contributed by atoms with E-state index in [4.69, 9.17) is 4.74 Å². The van der Waals surface area contributed by atoms with Gasteiger partial charge >= 0.3 is 144 Å². The summed E-state index contributed by atoms with van der Waals surface area (Å²) in [4.78, 5) is 13.7. The first-order chi connectivity index (χ1) is 11.3. The molecule has 120 valence electrons. The Morgan fingerprint density at radius 2 is 1.61 bits per heavy atom. The maximum atomic E-state index is 12.7. The quantitative estimate of drug-likeness (QED) is 0.557. The van der Waals surface area contributed by atoms with E-state index in [1.807, 2.05) is 36.4 Å². The number of ketones is 1. The minimum atomic E-state index is 0.258. The predicted molar refractivity (Wildman–Crippen MR) is 94.1 cm³/mol. The number of benzene rings is 2. The van der Waals surface area contributed by atoms with Gasteiger partial charge in [-0.2, -0.15) is 0 Å². The first-order valence-electron chi connectivity index (χ1n) is 8.19. The van der Waals surface area contributed by atoms with Crippen molar-refractivity contribution >= 4 is 20.7 Å². The van der Waals surface area contributed by atoms with Crippen LogP contribution in [0.1, 0.15) is 40.0 Å². The van der Waals surface area contributed by atoms with Crippen LogP contribution in [-0.4, -0.2) is 34.0 Å². The fraction of sp³-hybridized carbons (Fsp3) is 0.350. The van der Waals surface area contributed by atoms with Crippen LogP contribution in [0.25, 0.3) is 0 Å². The second kappa shape index (κ2) is 8.44. The standard InChI is InChI=1S/C20H22O2Se/c21-19(16-7-3-1-4-8-16)15-20(17-9-5-2-6-10-17)23-18-11-13-22-14-12-18/h1-10,18,20H,11-15H2/t20-/m1/s1. The summed E-state index contributed by atoms with van der Waals surface area (Å²) in [6.07, 6.45) is 2.90. The zero-order chi connectivity index (χ0) is 15.9. The SMILES string of the molecule is O=C(C[C@@H]([Se]C1CCOCC1)c1ccccc1)c1ccccc1. The molecule has 0 radical (unpaired) electrons. The molecule has 0 unspecified atom stereocenters. The number of carbonyl (C=O) groups excluding carboxylic acids is 1. The molecule has 1 atom stereocenters. The van der Waals surface area contributed by atoms with Crippen LogP contribution in [0.3, 0.4) is 0 Å². The summed E-state index contributed by atoms with van der Waals surface area (Å²) in [7, 11) is 0. The number of ether oxygens (including phenoxy) is 1. The molecule has 0 spiro atoms. The van der Waals surface area contributed by atoms with Gasteiger partial charge in [-0.25, -0.2) is 0 Å². The molecule has 2 aromatic rings. The molecule has 23 heavy (non-hydrogen) atoms. The van der Waals surface area contributed by atoms with Gasteiger partial charge in [0.05, 0.1) is 0 Å². The van der Waals surface area contributed by atoms with E-state index in [1.165, 1.54) is 5.56 Å². The van der Waals surface area contributed by atoms with Gasteiger partial charge in [-0.3, -0.25) is 0 Å². The third kappa shape index (κ3) is 4.78. The van der Waals surface area contributed by atoms with Gasteiger partial charge in [-0.15, -0.1) is 0 Å². The Hall–Kier alpha value is -1.41. The van der Waals surface area contributed by atoms with E-state index in [2.05, 4.69) is 24.3 Å². The summed E-state index contributed by atoms with van der Waals surface area (Å²) < 4.78 is 5.48. The molecule has 0 saturated carbocycles. The van der Waals surface area contributed by atoms with Crippen LogP contribution in [0.4, 0.5) is 0 Å². The van der Waals surface area contributed by atoms with Crippen molar-refractivity contribution in [1.82, 2.24) is 0 Å². The van der Waals surface area contributed by atoms with Gasteiger partial charge in [0.25, 0.3) is 0 Å². The summed E-state index contributed by atoms with van der Waals surface area (Å²) in [6.45, 7) is 1.75. The molecule has 2 nitrogen and oxygen atoms in total. The van der Waals surface area contributed by atoms with Crippen molar-refractivity contribution in [2.24, 2.45) is 0 Å². The van der Waals surface area contributed by atoms with E-state index in [0.29, 0.717) is 26.2 Å². The Morgan fingerprint density at radius 1 is 1.00 bits per heavy atom. The molecule has 1 aliphatic heterocycles. The van der Waals surface area contributed by atoms with Gasteiger partial charge in [-0.1, -0.05) is 0 Å². The number of Topliss-reactive ketones (excluding diaryl/α,β-unsaturated/α-hetero) is 1. The van der Waals surface area contributed by atoms with Crippen LogP contribution in [0.15, 0.2) is 60.7 Å². The van der Waals surface area contributed by atoms with Gasteiger partial charge in [0, 0.05) is 0 Å². The average molecular weight is 373 g/mol. The number of rotatable bonds is 6. The Kier molecular flexibility index (Phi) is 6.04. The number of hydrogen-bond acceptors (Lipinski definition) is 2. The van der Waals surface area contributed by atoms with Crippen LogP contribution < -0.4 is 0 Å². The topological polar surface area (TPSA) is 26.3 Å². The molecule has 0 bridgehead atoms. The molecular weight excluding hydrogens is 351 g/mol. The van der Waals surface area contributed by atoms with Crippen LogP contribution in [-0.2, 0) is 4.74 Å². The summed E-state index contributed by atoms with van der Waals surface area (Å²) in [6, 6.07) is 20.2. The first kappa shape index (κ1) is 16.4. The van der Waals surface area contributed by atoms with Gasteiger partial charge in [0.2, 0.25) is 0 Å². The van der Waals surface area contributed by atoms with Gasteiger partial charge < -0.3 is 0 Å². The molecule has 0 aromatic heterocycles. The summed E-state index contributed by atoms with van der Waals surface area (Å²) in [5.74, 6) is 0.258. The zero-order valence-electron chi connectivity index (χ0n) is 13.2. The predicted octanol–water partition coefficient (Wildman–Crippen LogP) is 4.30. The Labute approximate surface area is 144 Å². The molecule has 1 aliphatic rings. The molecule has 0 N–H and O–H groups in total. The van der Waals surface area contributed by atoms with Gasteiger partial charge in [0.15, 0.2) is 0 Å². The summed E-state index contributed by atoms with van der Waals surface area (Å²) in [5.41, 5.74) is 2.14. The second-order valence-corrected chi connectivity index (χ2v) is 9.00. The average Bonchev–Trinajstić information content (AvgIpc) is 2.63. The van der Waals surface area contributed by atoms with Gasteiger partial charge in [0.1, 0.15) is 0 Å². The number of hydrogen-bond donors (Lipinski definition) is 0. The van der Waals surface area contributed by atoms with E-state index in [-0.39, 0.29) is 5.78 Å². The van der Waals surface area contributed by atoms with E-state index >= 15 is 0 Å². The van der Waals surface area contributed by atoms with E-state index in [0.717, 1.165) is 36.4 Å². The molecule has 3 heteroatoms. The normalized spacial score (nSPS) is 16.9. The van der Waals surface area contributed by atoms with Crippen LogP contribution in [0.5, 0.6) is 0 Å². The second-order valence-electron chi connectivity index (χ2n) is 5.84. The van der Waals surface area contributed by atoms with Crippen molar-refractivity contribution in [3.05, 3.63) is 71.8 Å². The molecule has 0 aliphatic carbocycles. The van der Waals surface area contributed by atoms with E-state index < -0.39 is 0 Å². The van der Waals surface area contributed by atoms with E-state index in [9.17, 15) is 4.79 Å². The van der Waals surface area contributed by atoms with Crippen LogP contribution in [0.2, 0.25) is 4.82 Å². The first-order valence-corrected chi connectivity index (χ1v) is 10.2. The van der Waals surface area contributed by atoms with E-state index in [1.54, 1.807) is 0 Å². The molecule has 1 heterocycles. The number of carbonyl (C=O) groups is 1. The Bertz CT molecular complexity index is 606. The molecular formula is C20H22O2Se. The third-order valence-electron chi connectivity index (χ3n) is 4.16. The molecule has 1 fully saturated rings. The van der Waals surface area contributed by atoms with Crippen molar-refractivity contribution in [3.8, 4) is 0 Å². The maximum absolute atomic E-state index is 12.7. The molecule has 1 saturated heterocycles. The van der Waals surface area contributed by atoms with Crippen molar-refractivity contribution in [1.29, 1.82) is 0 Å². The van der Waals surface area contributed by atoms with Crippen molar-refractivity contribution in [3.63, 3.8) is 0 Å². The zero-order valence-corrected chi connectivity index (χ0v) is 14.9. The van der Waals surface area contributed by atoms with Crippen molar-refractivity contribution in [2.45, 2.75) is 28.9 Å². The molecule has 3 rings (SSSR count). The summed E-state index contributed by atoms with van der Waals surface area (Å²) in [5, 5.41) is 0. The van der Waals surface area contributed by atoms with Gasteiger partial charge in [-0.05, 0) is 0 Å². The molecule has 0 amide bonds. The van der Waals surface area contributed by atoms with Crippen molar-refractivity contribution in [2.75, 3.05) is 13.2 Å². The molecule has 2 aromatic carbocycles. The summed E-state index contributed by atoms with van der Waals surface area (Å²) >= 11 is 0.426.